The second kappa shape index (κ2) is 10.9. The number of nitrogens with two attached hydrogens (primary N) is 1. The number of benzene rings is 3. The first-order valence-electron chi connectivity index (χ1n) is 10.7. The summed E-state index contributed by atoms with van der Waals surface area (Å²) in [6.07, 6.45) is -1.16. The van der Waals surface area contributed by atoms with E-state index in [0.717, 1.165) is 16.7 Å². The number of nitrogens with zero attached hydrogens (tertiary/aromatic N) is 2. The molecular weight excluding hydrogens is 414 g/mol. The van der Waals surface area contributed by atoms with Crippen molar-refractivity contribution in [3.8, 4) is 0 Å². The molecule has 0 saturated heterocycles. The van der Waals surface area contributed by atoms with E-state index in [1.807, 2.05) is 87.5 Å². The summed E-state index contributed by atoms with van der Waals surface area (Å²) in [7, 11) is 0. The average Bonchev–Trinajstić information content (AvgIpc) is 2.97. The number of benzodiazepines with no additional fused rings is 1. The van der Waals surface area contributed by atoms with Crippen molar-refractivity contribution in [3.05, 3.63) is 101 Å². The van der Waals surface area contributed by atoms with E-state index in [1.54, 1.807) is 12.1 Å². The lowest BCUT2D eigenvalue weighted by Crippen LogP contribution is -2.29. The van der Waals surface area contributed by atoms with Crippen molar-refractivity contribution < 1.29 is 9.53 Å². The summed E-state index contributed by atoms with van der Waals surface area (Å²) in [6.45, 7) is 5.87. The Balaban J connectivity index is 0.00000149. The number of carbonyl (C=O) groups is 1. The number of hydrogen-bond acceptors (Lipinski definition) is 5. The van der Waals surface area contributed by atoms with Crippen molar-refractivity contribution >= 4 is 29.2 Å². The highest BCUT2D eigenvalue weighted by Gasteiger charge is 2.26. The first-order chi connectivity index (χ1) is 16.0. The van der Waals surface area contributed by atoms with Crippen LogP contribution in [0, 0.1) is 12.3 Å². The highest BCUT2D eigenvalue weighted by Crippen LogP contribution is 2.24. The number of amides is 1. The van der Waals surface area contributed by atoms with Gasteiger partial charge in [0, 0.05) is 16.7 Å². The van der Waals surface area contributed by atoms with Gasteiger partial charge in [-0.1, -0.05) is 80.6 Å². The van der Waals surface area contributed by atoms with Crippen LogP contribution in [0.1, 0.15) is 36.1 Å². The van der Waals surface area contributed by atoms with Gasteiger partial charge in [-0.25, -0.2) is 4.99 Å². The number of para-hydroxylation sites is 1. The number of hydrogen-bond donors (Lipinski definition) is 3. The predicted octanol–water partition coefficient (Wildman–Crippen LogP) is 4.49. The minimum absolute atomic E-state index is 0.149. The first kappa shape index (κ1) is 23.4. The number of fused-ring (bicyclic) bond motifs is 1. The number of ether oxygens (including phenoxy) is 1. The molecule has 4 rings (SSSR count). The van der Waals surface area contributed by atoms with Crippen LogP contribution in [0.3, 0.4) is 0 Å². The molecule has 1 aliphatic rings. The maximum atomic E-state index is 12.8. The molecule has 0 bridgehead atoms. The summed E-state index contributed by atoms with van der Waals surface area (Å²) in [6, 6.07) is 24.0. The largest absolute Gasteiger partial charge is 0.407 e. The number of aliphatic imine (C=N–C) groups is 2. The Morgan fingerprint density at radius 2 is 1.64 bits per heavy atom. The Bertz CT molecular complexity index is 1200. The second-order valence-electron chi connectivity index (χ2n) is 6.97. The Hall–Kier alpha value is -4.26. The van der Waals surface area contributed by atoms with Crippen LogP contribution in [0.5, 0.6) is 0 Å². The van der Waals surface area contributed by atoms with Crippen molar-refractivity contribution in [2.24, 2.45) is 15.7 Å². The molecule has 7 heteroatoms. The monoisotopic (exact) mass is 441 g/mol. The maximum Gasteiger partial charge on any atom is 0.291 e. The molecule has 0 aromatic heterocycles. The molecule has 0 radical (unpaired) electrons. The summed E-state index contributed by atoms with van der Waals surface area (Å²) in [5, 5.41) is 11.0. The zero-order valence-electron chi connectivity index (χ0n) is 18.9. The summed E-state index contributed by atoms with van der Waals surface area (Å²) in [5.41, 5.74) is 10.3. The van der Waals surface area contributed by atoms with Gasteiger partial charge in [0.15, 0.2) is 0 Å². The fraction of sp³-hybridized carbons (Fsp3) is 0.154. The number of aryl methyl sites for hydroxylation is 1. The number of nitrogens with one attached hydrogen (secondary N) is 2. The molecule has 1 atom stereocenters. The Kier molecular flexibility index (Phi) is 7.70. The molecule has 0 saturated carbocycles. The van der Waals surface area contributed by atoms with E-state index in [4.69, 9.17) is 15.9 Å². The van der Waals surface area contributed by atoms with Gasteiger partial charge in [-0.2, -0.15) is 4.99 Å². The van der Waals surface area contributed by atoms with E-state index in [1.165, 1.54) is 0 Å². The molecule has 3 aromatic rings. The topological polar surface area (TPSA) is 113 Å². The molecule has 1 unspecified atom stereocenters. The standard InChI is InChI=1S/C24H21N5O2.C2H6/c1-15-9-5-6-12-17(15)21(25)31-24(26)29-22-23(30)27-19-14-8-7-13-18(19)20(28-22)16-10-3-2-4-11-16;1-2/h2-14,22,25H,1H3,(H2,26,29)(H,27,30);1-2H3. The molecule has 3 aromatic carbocycles. The fourth-order valence-electron chi connectivity index (χ4n) is 3.29. The Morgan fingerprint density at radius 3 is 2.36 bits per heavy atom. The smallest absolute Gasteiger partial charge is 0.291 e. The van der Waals surface area contributed by atoms with Gasteiger partial charge in [-0.3, -0.25) is 10.2 Å². The van der Waals surface area contributed by atoms with E-state index in [9.17, 15) is 4.79 Å². The van der Waals surface area contributed by atoms with Gasteiger partial charge in [0.05, 0.1) is 11.4 Å². The lowest BCUT2D eigenvalue weighted by Gasteiger charge is -2.11. The summed E-state index contributed by atoms with van der Waals surface area (Å²) in [4.78, 5) is 21.6. The third-order valence-electron chi connectivity index (χ3n) is 4.82. The lowest BCUT2D eigenvalue weighted by atomic mass is 10.0. The molecule has 1 aliphatic heterocycles. The van der Waals surface area contributed by atoms with Gasteiger partial charge in [0.2, 0.25) is 12.1 Å². The van der Waals surface area contributed by atoms with Gasteiger partial charge in [0.1, 0.15) is 0 Å². The zero-order chi connectivity index (χ0) is 23.8. The van der Waals surface area contributed by atoms with Gasteiger partial charge in [-0.15, -0.1) is 0 Å². The van der Waals surface area contributed by atoms with E-state index >= 15 is 0 Å². The van der Waals surface area contributed by atoms with Crippen LogP contribution in [0.25, 0.3) is 0 Å². The highest BCUT2D eigenvalue weighted by atomic mass is 16.5. The normalized spacial score (nSPS) is 15.1. The average molecular weight is 442 g/mol. The van der Waals surface area contributed by atoms with Gasteiger partial charge in [0.25, 0.3) is 11.9 Å². The van der Waals surface area contributed by atoms with Gasteiger partial charge < -0.3 is 15.8 Å². The Labute approximate surface area is 193 Å². The number of rotatable bonds is 3. The first-order valence-corrected chi connectivity index (χ1v) is 10.7. The third-order valence-corrected chi connectivity index (χ3v) is 4.82. The molecule has 168 valence electrons. The maximum absolute atomic E-state index is 12.8. The van der Waals surface area contributed by atoms with Crippen LogP contribution in [-0.2, 0) is 9.53 Å². The summed E-state index contributed by atoms with van der Waals surface area (Å²) < 4.78 is 5.39. The fourth-order valence-corrected chi connectivity index (χ4v) is 3.29. The van der Waals surface area contributed by atoms with E-state index in [0.29, 0.717) is 17.0 Å². The number of anilines is 1. The van der Waals surface area contributed by atoms with E-state index < -0.39 is 12.1 Å². The Morgan fingerprint density at radius 1 is 1.00 bits per heavy atom. The van der Waals surface area contributed by atoms with Crippen LogP contribution < -0.4 is 11.1 Å². The predicted molar refractivity (Wildman–Crippen MR) is 133 cm³/mol. The molecule has 0 spiro atoms. The van der Waals surface area contributed by atoms with Crippen LogP contribution in [-0.4, -0.2) is 29.7 Å². The molecule has 7 nitrogen and oxygen atoms in total. The number of carbonyl (C=O) groups excluding carboxylic acids is 1. The quantitative estimate of drug-likeness (QED) is 0.411. The third kappa shape index (κ3) is 5.51. The minimum atomic E-state index is -1.16. The molecule has 1 amide bonds. The summed E-state index contributed by atoms with van der Waals surface area (Å²) in [5.74, 6) is -0.587. The molecular formula is C26H27N5O2. The summed E-state index contributed by atoms with van der Waals surface area (Å²) >= 11 is 0. The van der Waals surface area contributed by atoms with Crippen molar-refractivity contribution in [3.63, 3.8) is 0 Å². The van der Waals surface area contributed by atoms with Crippen molar-refractivity contribution in [2.45, 2.75) is 26.9 Å². The van der Waals surface area contributed by atoms with Crippen molar-refractivity contribution in [1.29, 1.82) is 5.41 Å². The van der Waals surface area contributed by atoms with E-state index in [2.05, 4.69) is 15.3 Å². The minimum Gasteiger partial charge on any atom is -0.407 e. The highest BCUT2D eigenvalue weighted by molar-refractivity contribution is 6.19. The van der Waals surface area contributed by atoms with Crippen LogP contribution in [0.2, 0.25) is 0 Å². The zero-order valence-corrected chi connectivity index (χ0v) is 18.9. The van der Waals surface area contributed by atoms with Crippen molar-refractivity contribution in [2.75, 3.05) is 5.32 Å². The van der Waals surface area contributed by atoms with Crippen LogP contribution in [0.15, 0.2) is 88.8 Å². The van der Waals surface area contributed by atoms with Crippen molar-refractivity contribution in [1.82, 2.24) is 0 Å². The molecule has 0 aliphatic carbocycles. The lowest BCUT2D eigenvalue weighted by molar-refractivity contribution is -0.117. The molecule has 4 N–H and O–H groups in total. The molecule has 1 heterocycles. The van der Waals surface area contributed by atoms with Crippen LogP contribution >= 0.6 is 0 Å². The molecule has 0 fully saturated rings. The van der Waals surface area contributed by atoms with Gasteiger partial charge in [-0.05, 0) is 24.6 Å². The van der Waals surface area contributed by atoms with Gasteiger partial charge >= 0.3 is 0 Å². The van der Waals surface area contributed by atoms with Crippen LogP contribution in [0.4, 0.5) is 5.69 Å². The second-order valence-corrected chi connectivity index (χ2v) is 6.97. The number of amidine groups is 1. The molecule has 33 heavy (non-hydrogen) atoms. The SMILES string of the molecule is CC.Cc1ccccc1C(=N)O/C(N)=N/C1N=C(c2ccccc2)c2ccccc2NC1=O. The van der Waals surface area contributed by atoms with E-state index in [-0.39, 0.29) is 11.9 Å².